The van der Waals surface area contributed by atoms with Crippen molar-refractivity contribution in [1.82, 2.24) is 5.32 Å². The first kappa shape index (κ1) is 15.8. The van der Waals surface area contributed by atoms with Gasteiger partial charge in [-0.05, 0) is 29.8 Å². The van der Waals surface area contributed by atoms with E-state index in [1.807, 2.05) is 0 Å². The minimum atomic E-state index is -3.73. The Balaban J connectivity index is 2.04. The van der Waals surface area contributed by atoms with Crippen molar-refractivity contribution in [3.8, 4) is 0 Å². The fourth-order valence-corrected chi connectivity index (χ4v) is 2.68. The highest BCUT2D eigenvalue weighted by Crippen LogP contribution is 2.16. The normalized spacial score (nSPS) is 11.1. The van der Waals surface area contributed by atoms with Gasteiger partial charge in [0.15, 0.2) is 0 Å². The molecule has 0 aliphatic heterocycles. The largest absolute Gasteiger partial charge is 0.348 e. The molecule has 4 nitrogen and oxygen atoms in total. The molecule has 0 bridgehead atoms. The number of rotatable bonds is 4. The van der Waals surface area contributed by atoms with Crippen LogP contribution in [-0.4, -0.2) is 14.3 Å². The van der Waals surface area contributed by atoms with Crippen molar-refractivity contribution in [2.75, 3.05) is 0 Å². The maximum Gasteiger partial charge on any atom is 0.261 e. The molecule has 0 aliphatic rings. The van der Waals surface area contributed by atoms with Crippen LogP contribution in [0.25, 0.3) is 0 Å². The summed E-state index contributed by atoms with van der Waals surface area (Å²) in [5.74, 6) is -0.297. The lowest BCUT2D eigenvalue weighted by molar-refractivity contribution is 0.0951. The highest BCUT2D eigenvalue weighted by molar-refractivity contribution is 8.13. The first-order chi connectivity index (χ1) is 9.88. The van der Waals surface area contributed by atoms with Crippen LogP contribution >= 0.6 is 22.3 Å². The van der Waals surface area contributed by atoms with Gasteiger partial charge in [-0.15, -0.1) is 0 Å². The van der Waals surface area contributed by atoms with Gasteiger partial charge in [-0.3, -0.25) is 4.79 Å². The van der Waals surface area contributed by atoms with Crippen molar-refractivity contribution in [1.29, 1.82) is 0 Å². The smallest absolute Gasteiger partial charge is 0.261 e. The Labute approximate surface area is 132 Å². The first-order valence-electron chi connectivity index (χ1n) is 5.94. The maximum atomic E-state index is 12.0. The molecule has 0 saturated heterocycles. The van der Waals surface area contributed by atoms with Gasteiger partial charge in [-0.2, -0.15) is 0 Å². The molecule has 0 atom stereocenters. The van der Waals surface area contributed by atoms with E-state index >= 15 is 0 Å². The molecule has 0 saturated carbocycles. The molecule has 0 aromatic heterocycles. The third-order valence-electron chi connectivity index (χ3n) is 2.78. The summed E-state index contributed by atoms with van der Waals surface area (Å²) in [7, 11) is 1.49. The molecule has 2 aromatic carbocycles. The van der Waals surface area contributed by atoms with Crippen LogP contribution in [0.2, 0.25) is 5.02 Å². The molecular formula is C14H11Cl2NO3S. The summed E-state index contributed by atoms with van der Waals surface area (Å²) in [4.78, 5) is 12.0. The van der Waals surface area contributed by atoms with E-state index in [9.17, 15) is 13.2 Å². The maximum absolute atomic E-state index is 12.0. The lowest BCUT2D eigenvalue weighted by Gasteiger charge is -2.07. The van der Waals surface area contributed by atoms with Crippen LogP contribution in [0, 0.1) is 0 Å². The molecule has 0 radical (unpaired) electrons. The van der Waals surface area contributed by atoms with Crippen LogP contribution in [0.15, 0.2) is 53.4 Å². The number of halogens is 2. The molecule has 0 heterocycles. The number of carbonyl (C=O) groups excluding carboxylic acids is 1. The summed E-state index contributed by atoms with van der Waals surface area (Å²) in [6.07, 6.45) is 0. The van der Waals surface area contributed by atoms with Crippen LogP contribution in [-0.2, 0) is 15.6 Å². The summed E-state index contributed by atoms with van der Waals surface area (Å²) in [5.41, 5.74) is 1.14. The van der Waals surface area contributed by atoms with E-state index in [-0.39, 0.29) is 17.3 Å². The van der Waals surface area contributed by atoms with Crippen LogP contribution in [0.5, 0.6) is 0 Å². The summed E-state index contributed by atoms with van der Waals surface area (Å²) in [5, 5.41) is 3.08. The molecule has 0 aliphatic carbocycles. The Morgan fingerprint density at radius 2 is 1.67 bits per heavy atom. The van der Waals surface area contributed by atoms with Gasteiger partial charge < -0.3 is 5.32 Å². The van der Waals surface area contributed by atoms with E-state index in [1.54, 1.807) is 36.4 Å². The number of nitrogens with one attached hydrogen (secondary N) is 1. The van der Waals surface area contributed by atoms with E-state index in [4.69, 9.17) is 22.3 Å². The van der Waals surface area contributed by atoms with Crippen LogP contribution in [0.4, 0.5) is 0 Å². The Morgan fingerprint density at radius 3 is 2.24 bits per heavy atom. The van der Waals surface area contributed by atoms with Gasteiger partial charge in [-0.1, -0.05) is 35.9 Å². The predicted molar refractivity (Wildman–Crippen MR) is 82.1 cm³/mol. The highest BCUT2D eigenvalue weighted by Gasteiger charge is 2.11. The zero-order valence-electron chi connectivity index (χ0n) is 10.7. The van der Waals surface area contributed by atoms with Crippen molar-refractivity contribution in [2.24, 2.45) is 0 Å². The molecule has 2 rings (SSSR count). The number of amides is 1. The second-order valence-electron chi connectivity index (χ2n) is 4.24. The zero-order chi connectivity index (χ0) is 15.5. The fraction of sp³-hybridized carbons (Fsp3) is 0.0714. The van der Waals surface area contributed by atoms with Gasteiger partial charge in [0, 0.05) is 17.2 Å². The van der Waals surface area contributed by atoms with Crippen LogP contribution in [0.1, 0.15) is 15.9 Å². The molecule has 2 aromatic rings. The van der Waals surface area contributed by atoms with E-state index in [0.29, 0.717) is 10.6 Å². The second-order valence-corrected chi connectivity index (χ2v) is 7.22. The Hall–Kier alpha value is -1.56. The van der Waals surface area contributed by atoms with E-state index in [1.165, 1.54) is 12.1 Å². The van der Waals surface area contributed by atoms with Crippen molar-refractivity contribution in [2.45, 2.75) is 11.4 Å². The molecule has 0 fully saturated rings. The molecule has 7 heteroatoms. The molecule has 0 unspecified atom stereocenters. The molecule has 1 N–H and O–H groups in total. The molecule has 21 heavy (non-hydrogen) atoms. The Morgan fingerprint density at radius 1 is 1.05 bits per heavy atom. The predicted octanol–water partition coefficient (Wildman–Crippen LogP) is 3.20. The molecule has 1 amide bonds. The Bertz CT molecular complexity index is 758. The third kappa shape index (κ3) is 4.20. The van der Waals surface area contributed by atoms with Crippen molar-refractivity contribution in [3.63, 3.8) is 0 Å². The van der Waals surface area contributed by atoms with Crippen LogP contribution in [0.3, 0.4) is 0 Å². The lowest BCUT2D eigenvalue weighted by atomic mass is 10.2. The van der Waals surface area contributed by atoms with Gasteiger partial charge in [-0.25, -0.2) is 8.42 Å². The van der Waals surface area contributed by atoms with Crippen molar-refractivity contribution >= 4 is 37.2 Å². The standard InChI is InChI=1S/C14H11Cl2NO3S/c15-13-4-2-1-3-12(13)14(18)17-9-10-5-7-11(8-6-10)21(16,19)20/h1-8H,9H2,(H,17,18). The number of hydrogen-bond acceptors (Lipinski definition) is 3. The number of benzene rings is 2. The SMILES string of the molecule is O=C(NCc1ccc(S(=O)(=O)Cl)cc1)c1ccccc1Cl. The van der Waals surface area contributed by atoms with E-state index < -0.39 is 9.05 Å². The molecule has 110 valence electrons. The minimum absolute atomic E-state index is 0.0188. The van der Waals surface area contributed by atoms with E-state index in [2.05, 4.69) is 5.32 Å². The topological polar surface area (TPSA) is 63.2 Å². The Kier molecular flexibility index (Phi) is 4.88. The third-order valence-corrected chi connectivity index (χ3v) is 4.48. The minimum Gasteiger partial charge on any atom is -0.348 e. The number of carbonyl (C=O) groups is 1. The molecule has 0 spiro atoms. The van der Waals surface area contributed by atoms with Gasteiger partial charge in [0.25, 0.3) is 15.0 Å². The fourth-order valence-electron chi connectivity index (χ4n) is 1.69. The average Bonchev–Trinajstić information content (AvgIpc) is 2.45. The van der Waals surface area contributed by atoms with Crippen LogP contribution < -0.4 is 5.32 Å². The van der Waals surface area contributed by atoms with Crippen molar-refractivity contribution in [3.05, 3.63) is 64.7 Å². The molecular weight excluding hydrogens is 333 g/mol. The average molecular weight is 344 g/mol. The summed E-state index contributed by atoms with van der Waals surface area (Å²) in [6.45, 7) is 0.257. The number of hydrogen-bond donors (Lipinski definition) is 1. The lowest BCUT2D eigenvalue weighted by Crippen LogP contribution is -2.23. The van der Waals surface area contributed by atoms with Gasteiger partial charge in [0.05, 0.1) is 15.5 Å². The zero-order valence-corrected chi connectivity index (χ0v) is 13.0. The van der Waals surface area contributed by atoms with Gasteiger partial charge in [0.1, 0.15) is 0 Å². The quantitative estimate of drug-likeness (QED) is 0.867. The summed E-state index contributed by atoms with van der Waals surface area (Å²) in [6, 6.07) is 12.7. The van der Waals surface area contributed by atoms with Crippen molar-refractivity contribution < 1.29 is 13.2 Å². The monoisotopic (exact) mass is 343 g/mol. The summed E-state index contributed by atoms with van der Waals surface area (Å²) < 4.78 is 22.2. The summed E-state index contributed by atoms with van der Waals surface area (Å²) >= 11 is 5.93. The van der Waals surface area contributed by atoms with Gasteiger partial charge >= 0.3 is 0 Å². The second kappa shape index (κ2) is 6.47. The first-order valence-corrected chi connectivity index (χ1v) is 8.63. The van der Waals surface area contributed by atoms with E-state index in [0.717, 1.165) is 5.56 Å². The van der Waals surface area contributed by atoms with Gasteiger partial charge in [0.2, 0.25) is 0 Å². The highest BCUT2D eigenvalue weighted by atomic mass is 35.7.